The van der Waals surface area contributed by atoms with Crippen LogP contribution in [0.25, 0.3) is 27.7 Å². The first-order valence-electron chi connectivity index (χ1n) is 8.69. The third-order valence-corrected chi connectivity index (χ3v) is 5.10. The highest BCUT2D eigenvalue weighted by Crippen LogP contribution is 2.37. The van der Waals surface area contributed by atoms with Crippen LogP contribution >= 0.6 is 11.3 Å². The molecule has 0 aliphatic rings. The number of fused-ring (bicyclic) bond motifs is 1. The number of hydrogen-bond acceptors (Lipinski definition) is 5. The molecule has 0 radical (unpaired) electrons. The van der Waals surface area contributed by atoms with Gasteiger partial charge in [-0.1, -0.05) is 30.3 Å². The zero-order valence-electron chi connectivity index (χ0n) is 15.4. The van der Waals surface area contributed by atoms with Crippen molar-refractivity contribution in [3.63, 3.8) is 0 Å². The molecule has 0 saturated carbocycles. The molecule has 2 aromatic carbocycles. The number of carbonyl (C=O) groups is 1. The molecule has 2 heterocycles. The molecule has 28 heavy (non-hydrogen) atoms. The number of allylic oxidation sites excluding steroid dienone is 1. The summed E-state index contributed by atoms with van der Waals surface area (Å²) in [4.78, 5) is 16.4. The maximum atomic E-state index is 12.3. The smallest absolute Gasteiger partial charge is 0.250 e. The summed E-state index contributed by atoms with van der Waals surface area (Å²) in [7, 11) is 1.61. The molecule has 0 spiro atoms. The van der Waals surface area contributed by atoms with Crippen LogP contribution in [0.15, 0.2) is 70.8 Å². The summed E-state index contributed by atoms with van der Waals surface area (Å²) in [6, 6.07) is 13.9. The number of furan rings is 1. The van der Waals surface area contributed by atoms with Crippen LogP contribution in [-0.4, -0.2) is 18.0 Å². The van der Waals surface area contributed by atoms with Crippen molar-refractivity contribution in [2.24, 2.45) is 0 Å². The van der Waals surface area contributed by atoms with Gasteiger partial charge in [0.05, 0.1) is 13.4 Å². The third-order valence-electron chi connectivity index (χ3n) is 4.42. The Morgan fingerprint density at radius 1 is 1.25 bits per heavy atom. The van der Waals surface area contributed by atoms with Gasteiger partial charge >= 0.3 is 0 Å². The van der Waals surface area contributed by atoms with Gasteiger partial charge in [0, 0.05) is 40.2 Å². The molecule has 0 atom stereocenters. The van der Waals surface area contributed by atoms with Crippen molar-refractivity contribution in [1.29, 1.82) is 0 Å². The van der Waals surface area contributed by atoms with E-state index in [1.165, 1.54) is 11.3 Å². The fraction of sp³-hybridized carbons (Fsp3) is 0.0909. The van der Waals surface area contributed by atoms with Gasteiger partial charge in [-0.25, -0.2) is 4.98 Å². The molecule has 0 fully saturated rings. The summed E-state index contributed by atoms with van der Waals surface area (Å²) in [5.41, 5.74) is 4.43. The number of benzene rings is 2. The molecule has 1 amide bonds. The lowest BCUT2D eigenvalue weighted by Gasteiger charge is -2.10. The summed E-state index contributed by atoms with van der Waals surface area (Å²) in [6.45, 7) is 1.88. The number of hydrogen-bond donors (Lipinski definition) is 1. The number of nitrogens with zero attached hydrogens (tertiary/aromatic N) is 1. The summed E-state index contributed by atoms with van der Waals surface area (Å²) in [5, 5.41) is 6.11. The quantitative estimate of drug-likeness (QED) is 0.450. The Labute approximate surface area is 166 Å². The largest absolute Gasteiger partial charge is 0.496 e. The van der Waals surface area contributed by atoms with Crippen molar-refractivity contribution < 1.29 is 13.9 Å². The van der Waals surface area contributed by atoms with E-state index < -0.39 is 0 Å². The van der Waals surface area contributed by atoms with E-state index in [-0.39, 0.29) is 5.91 Å². The maximum Gasteiger partial charge on any atom is 0.250 e. The summed E-state index contributed by atoms with van der Waals surface area (Å²) in [6.07, 6.45) is 4.95. The van der Waals surface area contributed by atoms with Gasteiger partial charge in [-0.3, -0.25) is 10.1 Å². The second kappa shape index (κ2) is 7.70. The molecule has 6 heteroatoms. The molecular formula is C22H18N2O3S. The van der Waals surface area contributed by atoms with E-state index in [0.29, 0.717) is 10.9 Å². The first-order chi connectivity index (χ1) is 13.7. The van der Waals surface area contributed by atoms with E-state index >= 15 is 0 Å². The number of carbonyl (C=O) groups excluding carboxylic acids is 1. The second-order valence-electron chi connectivity index (χ2n) is 6.22. The molecule has 4 rings (SSSR count). The highest BCUT2D eigenvalue weighted by atomic mass is 32.1. The number of rotatable bonds is 5. The van der Waals surface area contributed by atoms with Crippen molar-refractivity contribution in [3.05, 3.63) is 71.9 Å². The van der Waals surface area contributed by atoms with Crippen molar-refractivity contribution in [3.8, 4) is 16.9 Å². The minimum absolute atomic E-state index is 0.231. The Morgan fingerprint density at radius 2 is 2.07 bits per heavy atom. The number of ether oxygens (including phenoxy) is 1. The van der Waals surface area contributed by atoms with Gasteiger partial charge in [-0.2, -0.15) is 0 Å². The summed E-state index contributed by atoms with van der Waals surface area (Å²) in [5.74, 6) is 0.419. The maximum absolute atomic E-state index is 12.3. The van der Waals surface area contributed by atoms with E-state index in [1.807, 2.05) is 54.8 Å². The topological polar surface area (TPSA) is 64.4 Å². The molecule has 4 aromatic rings. The number of thiazole rings is 1. The SMILES string of the molecule is COc1cc2occ(-c3ccccc3)c2cc1/C(C)=C/C(=O)Nc1nccs1. The van der Waals surface area contributed by atoms with Crippen LogP contribution in [0, 0.1) is 0 Å². The Morgan fingerprint density at radius 3 is 2.79 bits per heavy atom. The predicted octanol–water partition coefficient (Wildman–Crippen LogP) is 5.61. The van der Waals surface area contributed by atoms with Gasteiger partial charge in [0.25, 0.3) is 0 Å². The van der Waals surface area contributed by atoms with Gasteiger partial charge in [0.2, 0.25) is 5.91 Å². The van der Waals surface area contributed by atoms with E-state index in [1.54, 1.807) is 25.6 Å². The zero-order chi connectivity index (χ0) is 19.5. The van der Waals surface area contributed by atoms with Crippen molar-refractivity contribution in [2.75, 3.05) is 12.4 Å². The number of nitrogens with one attached hydrogen (secondary N) is 1. The van der Waals surface area contributed by atoms with E-state index in [0.717, 1.165) is 33.2 Å². The molecule has 0 aliphatic heterocycles. The van der Waals surface area contributed by atoms with Gasteiger partial charge in [-0.05, 0) is 24.1 Å². The average Bonchev–Trinajstić information content (AvgIpc) is 3.36. The number of methoxy groups -OCH3 is 1. The fourth-order valence-electron chi connectivity index (χ4n) is 3.07. The minimum atomic E-state index is -0.231. The summed E-state index contributed by atoms with van der Waals surface area (Å²) >= 11 is 1.38. The first kappa shape index (κ1) is 18.0. The lowest BCUT2D eigenvalue weighted by atomic mass is 9.99. The highest BCUT2D eigenvalue weighted by molar-refractivity contribution is 7.13. The van der Waals surface area contributed by atoms with E-state index in [2.05, 4.69) is 10.3 Å². The number of aromatic nitrogens is 1. The monoisotopic (exact) mass is 390 g/mol. The molecule has 1 N–H and O–H groups in total. The number of anilines is 1. The van der Waals surface area contributed by atoms with Crippen LogP contribution in [0.3, 0.4) is 0 Å². The van der Waals surface area contributed by atoms with Gasteiger partial charge in [0.15, 0.2) is 5.13 Å². The molecule has 0 aliphatic carbocycles. The lowest BCUT2D eigenvalue weighted by molar-refractivity contribution is -0.111. The van der Waals surface area contributed by atoms with Crippen LogP contribution in [0.2, 0.25) is 0 Å². The molecule has 0 saturated heterocycles. The van der Waals surface area contributed by atoms with Crippen LogP contribution < -0.4 is 10.1 Å². The lowest BCUT2D eigenvalue weighted by Crippen LogP contribution is -2.08. The average molecular weight is 390 g/mol. The van der Waals surface area contributed by atoms with Gasteiger partial charge < -0.3 is 9.15 Å². The predicted molar refractivity (Wildman–Crippen MR) is 113 cm³/mol. The molecule has 140 valence electrons. The van der Waals surface area contributed by atoms with Crippen LogP contribution in [-0.2, 0) is 4.79 Å². The van der Waals surface area contributed by atoms with Crippen LogP contribution in [0.4, 0.5) is 5.13 Å². The van der Waals surface area contributed by atoms with Crippen molar-refractivity contribution in [1.82, 2.24) is 4.98 Å². The molecule has 0 unspecified atom stereocenters. The van der Waals surface area contributed by atoms with Crippen LogP contribution in [0.5, 0.6) is 5.75 Å². The molecular weight excluding hydrogens is 372 g/mol. The van der Waals surface area contributed by atoms with E-state index in [4.69, 9.17) is 9.15 Å². The van der Waals surface area contributed by atoms with Gasteiger partial charge in [-0.15, -0.1) is 11.3 Å². The standard InChI is InChI=1S/C22H18N2O3S/c1-14(10-21(25)24-22-23-8-9-28-22)16-11-17-18(15-6-4-3-5-7-15)13-27-20(17)12-19(16)26-2/h3-13H,1-2H3,(H,23,24,25)/b14-10+. The Bertz CT molecular complexity index is 1150. The molecule has 5 nitrogen and oxygen atoms in total. The van der Waals surface area contributed by atoms with Crippen molar-refractivity contribution >= 4 is 38.9 Å². The Balaban J connectivity index is 1.74. The zero-order valence-corrected chi connectivity index (χ0v) is 16.2. The highest BCUT2D eigenvalue weighted by Gasteiger charge is 2.15. The molecule has 0 bridgehead atoms. The Kier molecular flexibility index (Phi) is 4.95. The third kappa shape index (κ3) is 3.54. The van der Waals surface area contributed by atoms with E-state index in [9.17, 15) is 4.79 Å². The Hall–Kier alpha value is -3.38. The minimum Gasteiger partial charge on any atom is -0.496 e. The first-order valence-corrected chi connectivity index (χ1v) is 9.57. The fourth-order valence-corrected chi connectivity index (χ4v) is 3.61. The second-order valence-corrected chi connectivity index (χ2v) is 7.11. The van der Waals surface area contributed by atoms with Crippen molar-refractivity contribution in [2.45, 2.75) is 6.92 Å². The normalized spacial score (nSPS) is 11.6. The molecule has 2 aromatic heterocycles. The summed E-state index contributed by atoms with van der Waals surface area (Å²) < 4.78 is 11.3. The van der Waals surface area contributed by atoms with Gasteiger partial charge in [0.1, 0.15) is 11.3 Å². The number of amides is 1. The van der Waals surface area contributed by atoms with Crippen LogP contribution in [0.1, 0.15) is 12.5 Å².